The molecule has 0 amide bonds. The van der Waals surface area contributed by atoms with Crippen LogP contribution in [0.15, 0.2) is 41.7 Å². The van der Waals surface area contributed by atoms with Crippen molar-refractivity contribution in [2.45, 2.75) is 19.4 Å². The van der Waals surface area contributed by atoms with Gasteiger partial charge in [-0.15, -0.1) is 0 Å². The molecule has 2 fully saturated rings. The van der Waals surface area contributed by atoms with Crippen LogP contribution < -0.4 is 15.4 Å². The van der Waals surface area contributed by atoms with Crippen molar-refractivity contribution in [3.8, 4) is 0 Å². The summed E-state index contributed by atoms with van der Waals surface area (Å²) in [4.78, 5) is 32.1. The zero-order valence-electron chi connectivity index (χ0n) is 17.4. The molecule has 0 saturated carbocycles. The smallest absolute Gasteiger partial charge is 0.268 e. The molecule has 0 aliphatic carbocycles. The van der Waals surface area contributed by atoms with E-state index in [1.807, 2.05) is 7.05 Å². The lowest BCUT2D eigenvalue weighted by Gasteiger charge is -2.36. The Morgan fingerprint density at radius 1 is 0.933 bits per heavy atom. The minimum absolute atomic E-state index is 0.0571. The molecule has 156 valence electrons. The molecule has 0 radical (unpaired) electrons. The van der Waals surface area contributed by atoms with Gasteiger partial charge in [0.1, 0.15) is 12.1 Å². The molecule has 8 nitrogen and oxygen atoms in total. The molecule has 4 heterocycles. The molecule has 5 rings (SSSR count). The highest BCUT2D eigenvalue weighted by Gasteiger charge is 2.21. The zero-order chi connectivity index (χ0) is 20.5. The maximum Gasteiger partial charge on any atom is 0.268 e. The zero-order valence-corrected chi connectivity index (χ0v) is 17.4. The van der Waals surface area contributed by atoms with Crippen molar-refractivity contribution < 1.29 is 0 Å². The van der Waals surface area contributed by atoms with Crippen LogP contribution in [0.1, 0.15) is 18.5 Å². The summed E-state index contributed by atoms with van der Waals surface area (Å²) in [6.45, 7) is 6.70. The molecule has 8 heteroatoms. The Labute approximate surface area is 175 Å². The molecule has 0 spiro atoms. The van der Waals surface area contributed by atoms with Crippen LogP contribution in [0.3, 0.4) is 0 Å². The Morgan fingerprint density at radius 3 is 2.53 bits per heavy atom. The van der Waals surface area contributed by atoms with E-state index in [4.69, 9.17) is 0 Å². The fourth-order valence-electron chi connectivity index (χ4n) is 4.45. The first-order valence-electron chi connectivity index (χ1n) is 10.7. The Kier molecular flexibility index (Phi) is 5.08. The van der Waals surface area contributed by atoms with Crippen LogP contribution >= 0.6 is 0 Å². The van der Waals surface area contributed by atoms with Crippen molar-refractivity contribution in [2.75, 3.05) is 49.1 Å². The van der Waals surface area contributed by atoms with Crippen LogP contribution in [0.25, 0.3) is 10.9 Å². The number of aromatic nitrogens is 4. The number of piperazine rings is 1. The first kappa shape index (κ1) is 19.0. The van der Waals surface area contributed by atoms with Crippen molar-refractivity contribution in [3.63, 3.8) is 0 Å². The van der Waals surface area contributed by atoms with Crippen LogP contribution in [-0.2, 0) is 13.6 Å². The highest BCUT2D eigenvalue weighted by atomic mass is 16.1. The molecule has 2 aliphatic heterocycles. The van der Waals surface area contributed by atoms with Crippen molar-refractivity contribution in [3.05, 3.63) is 53.0 Å². The van der Waals surface area contributed by atoms with E-state index in [1.165, 1.54) is 24.7 Å². The first-order valence-corrected chi connectivity index (χ1v) is 10.7. The van der Waals surface area contributed by atoms with Gasteiger partial charge in [0.25, 0.3) is 5.56 Å². The standard InChI is InChI=1S/C22H27N7O/c1-26-18(13-23-14-21(26)30)15-27-8-10-28(11-9-27)17-4-5-20-19(12-17)22(25-16-24-20)29-6-2-3-7-29/h4-5,12-14,16H,2-3,6-11,15H2,1H3. The van der Waals surface area contributed by atoms with E-state index in [-0.39, 0.29) is 5.56 Å². The lowest BCUT2D eigenvalue weighted by atomic mass is 10.1. The molecular formula is C22H27N7O. The third kappa shape index (κ3) is 3.63. The van der Waals surface area contributed by atoms with Gasteiger partial charge in [0.15, 0.2) is 0 Å². The Bertz CT molecular complexity index is 1100. The monoisotopic (exact) mass is 405 g/mol. The van der Waals surface area contributed by atoms with Crippen LogP contribution in [0.2, 0.25) is 0 Å². The summed E-state index contributed by atoms with van der Waals surface area (Å²) in [6.07, 6.45) is 7.30. The predicted molar refractivity (Wildman–Crippen MR) is 118 cm³/mol. The normalized spacial score (nSPS) is 17.8. The van der Waals surface area contributed by atoms with E-state index in [0.717, 1.165) is 68.2 Å². The van der Waals surface area contributed by atoms with E-state index in [9.17, 15) is 4.79 Å². The number of nitrogens with zero attached hydrogens (tertiary/aromatic N) is 7. The summed E-state index contributed by atoms with van der Waals surface area (Å²) >= 11 is 0. The number of hydrogen-bond donors (Lipinski definition) is 0. The highest BCUT2D eigenvalue weighted by Crippen LogP contribution is 2.30. The third-order valence-corrected chi connectivity index (χ3v) is 6.30. The molecule has 1 aromatic carbocycles. The summed E-state index contributed by atoms with van der Waals surface area (Å²) in [5, 5.41) is 1.14. The lowest BCUT2D eigenvalue weighted by Crippen LogP contribution is -2.46. The Balaban J connectivity index is 1.31. The molecule has 2 aliphatic rings. The van der Waals surface area contributed by atoms with E-state index in [2.05, 4.69) is 47.9 Å². The molecule has 2 aromatic heterocycles. The molecule has 0 atom stereocenters. The molecule has 30 heavy (non-hydrogen) atoms. The minimum Gasteiger partial charge on any atom is -0.369 e. The largest absolute Gasteiger partial charge is 0.369 e. The van der Waals surface area contributed by atoms with Gasteiger partial charge in [-0.3, -0.25) is 14.7 Å². The van der Waals surface area contributed by atoms with Crippen molar-refractivity contribution in [1.82, 2.24) is 24.4 Å². The van der Waals surface area contributed by atoms with Crippen LogP contribution in [0.5, 0.6) is 0 Å². The van der Waals surface area contributed by atoms with Crippen LogP contribution in [0, 0.1) is 0 Å². The van der Waals surface area contributed by atoms with Gasteiger partial charge < -0.3 is 14.4 Å². The second-order valence-electron chi connectivity index (χ2n) is 8.15. The molecule has 3 aromatic rings. The number of anilines is 2. The average Bonchev–Trinajstić information content (AvgIpc) is 3.31. The van der Waals surface area contributed by atoms with Crippen molar-refractivity contribution in [2.24, 2.45) is 7.05 Å². The number of rotatable bonds is 4. The minimum atomic E-state index is -0.0571. The Morgan fingerprint density at radius 2 is 1.73 bits per heavy atom. The molecule has 0 bridgehead atoms. The summed E-state index contributed by atoms with van der Waals surface area (Å²) in [6, 6.07) is 6.54. The van der Waals surface area contributed by atoms with Gasteiger partial charge in [-0.05, 0) is 31.0 Å². The van der Waals surface area contributed by atoms with E-state index in [0.29, 0.717) is 0 Å². The first-order chi connectivity index (χ1) is 14.7. The molecule has 2 saturated heterocycles. The Hall–Kier alpha value is -3.00. The summed E-state index contributed by atoms with van der Waals surface area (Å²) in [5.74, 6) is 1.07. The summed E-state index contributed by atoms with van der Waals surface area (Å²) < 4.78 is 1.68. The van der Waals surface area contributed by atoms with Gasteiger partial charge in [-0.1, -0.05) is 0 Å². The van der Waals surface area contributed by atoms with Gasteiger partial charge >= 0.3 is 0 Å². The summed E-state index contributed by atoms with van der Waals surface area (Å²) in [7, 11) is 1.81. The number of benzene rings is 1. The molecule has 0 unspecified atom stereocenters. The topological polar surface area (TPSA) is 70.4 Å². The third-order valence-electron chi connectivity index (χ3n) is 6.30. The molecule has 0 N–H and O–H groups in total. The van der Waals surface area contributed by atoms with Crippen molar-refractivity contribution in [1.29, 1.82) is 0 Å². The van der Waals surface area contributed by atoms with Gasteiger partial charge in [0.2, 0.25) is 0 Å². The van der Waals surface area contributed by atoms with Crippen molar-refractivity contribution >= 4 is 22.4 Å². The maximum absolute atomic E-state index is 11.8. The fraction of sp³-hybridized carbons (Fsp3) is 0.455. The van der Waals surface area contributed by atoms with Gasteiger partial charge in [-0.2, -0.15) is 0 Å². The van der Waals surface area contributed by atoms with Gasteiger partial charge in [0, 0.05) is 70.1 Å². The van der Waals surface area contributed by atoms with E-state index < -0.39 is 0 Å². The van der Waals surface area contributed by atoms with Crippen LogP contribution in [-0.4, -0.2) is 63.7 Å². The fourth-order valence-corrected chi connectivity index (χ4v) is 4.45. The average molecular weight is 406 g/mol. The SMILES string of the molecule is Cn1c(CN2CCN(c3ccc4ncnc(N5CCCC5)c4c3)CC2)cncc1=O. The molecular weight excluding hydrogens is 378 g/mol. The van der Waals surface area contributed by atoms with Gasteiger partial charge in [0.05, 0.1) is 17.4 Å². The lowest BCUT2D eigenvalue weighted by molar-refractivity contribution is 0.243. The summed E-state index contributed by atoms with van der Waals surface area (Å²) in [5.41, 5.74) is 3.13. The number of fused-ring (bicyclic) bond motifs is 1. The van der Waals surface area contributed by atoms with Crippen LogP contribution in [0.4, 0.5) is 11.5 Å². The van der Waals surface area contributed by atoms with E-state index in [1.54, 1.807) is 17.1 Å². The second-order valence-corrected chi connectivity index (χ2v) is 8.15. The quantitative estimate of drug-likeness (QED) is 0.654. The maximum atomic E-state index is 11.8. The van der Waals surface area contributed by atoms with Gasteiger partial charge in [-0.25, -0.2) is 9.97 Å². The predicted octanol–water partition coefficient (Wildman–Crippen LogP) is 1.65. The van der Waals surface area contributed by atoms with E-state index >= 15 is 0 Å². The number of hydrogen-bond acceptors (Lipinski definition) is 7. The second kappa shape index (κ2) is 8.02. The highest BCUT2D eigenvalue weighted by molar-refractivity contribution is 5.92.